The number of alkyl halides is 1. The first-order valence-corrected chi connectivity index (χ1v) is 11.5. The Morgan fingerprint density at radius 1 is 0.741 bits per heavy atom. The zero-order chi connectivity index (χ0) is 18.7. The zero-order valence-electron chi connectivity index (χ0n) is 14.8. The van der Waals surface area contributed by atoms with Crippen molar-refractivity contribution in [2.24, 2.45) is 0 Å². The van der Waals surface area contributed by atoms with Crippen molar-refractivity contribution in [2.75, 3.05) is 0 Å². The van der Waals surface area contributed by atoms with Gasteiger partial charge < -0.3 is 4.57 Å². The van der Waals surface area contributed by atoms with Crippen molar-refractivity contribution >= 4 is 39.3 Å². The maximum absolute atomic E-state index is 14.7. The summed E-state index contributed by atoms with van der Waals surface area (Å²) in [5, 5.41) is 1.74. The van der Waals surface area contributed by atoms with Crippen LogP contribution in [0.2, 0.25) is 0 Å². The molecule has 1 nitrogen and oxygen atoms in total. The molecular formula is C24H20BrOP. The van der Waals surface area contributed by atoms with E-state index >= 15 is 0 Å². The Bertz CT molecular complexity index is 982. The van der Waals surface area contributed by atoms with Crippen LogP contribution in [0, 0.1) is 0 Å². The minimum absolute atomic E-state index is 0.661. The van der Waals surface area contributed by atoms with E-state index in [0.717, 1.165) is 10.6 Å². The molecule has 0 heterocycles. The molecule has 0 fully saturated rings. The van der Waals surface area contributed by atoms with Crippen LogP contribution in [0.1, 0.15) is 12.0 Å². The van der Waals surface area contributed by atoms with Crippen molar-refractivity contribution in [3.8, 4) is 0 Å². The van der Waals surface area contributed by atoms with E-state index in [9.17, 15) is 4.57 Å². The fourth-order valence-corrected chi connectivity index (χ4v) is 8.33. The molecule has 3 aromatic rings. The van der Waals surface area contributed by atoms with Gasteiger partial charge in [0.05, 0.1) is 0 Å². The topological polar surface area (TPSA) is 17.1 Å². The molecule has 0 saturated carbocycles. The number of rotatable bonds is 4. The van der Waals surface area contributed by atoms with Crippen LogP contribution in [0.3, 0.4) is 0 Å². The lowest BCUT2D eigenvalue weighted by Crippen LogP contribution is -2.32. The van der Waals surface area contributed by atoms with Gasteiger partial charge in [-0.15, -0.1) is 0 Å². The molecule has 0 amide bonds. The zero-order valence-corrected chi connectivity index (χ0v) is 17.3. The first kappa shape index (κ1) is 18.2. The highest BCUT2D eigenvalue weighted by Gasteiger charge is 2.47. The first-order valence-electron chi connectivity index (χ1n) is 8.98. The predicted octanol–water partition coefficient (Wildman–Crippen LogP) is 6.14. The molecule has 27 heavy (non-hydrogen) atoms. The third-order valence-electron chi connectivity index (χ3n) is 5.00. The van der Waals surface area contributed by atoms with E-state index in [4.69, 9.17) is 0 Å². The molecule has 134 valence electrons. The molecule has 0 aliphatic heterocycles. The van der Waals surface area contributed by atoms with Gasteiger partial charge in [0.15, 0.2) is 7.14 Å². The van der Waals surface area contributed by atoms with Gasteiger partial charge in [0.25, 0.3) is 0 Å². The maximum atomic E-state index is 14.7. The van der Waals surface area contributed by atoms with Gasteiger partial charge in [0.2, 0.25) is 0 Å². The predicted molar refractivity (Wildman–Crippen MR) is 120 cm³/mol. The van der Waals surface area contributed by atoms with Gasteiger partial charge in [-0.2, -0.15) is 0 Å². The van der Waals surface area contributed by atoms with Crippen LogP contribution >= 0.6 is 23.1 Å². The quantitative estimate of drug-likeness (QED) is 0.356. The summed E-state index contributed by atoms with van der Waals surface area (Å²) < 4.78 is 14.1. The lowest BCUT2D eigenvalue weighted by molar-refractivity contribution is 0.580. The normalized spacial score (nSPS) is 19.5. The van der Waals surface area contributed by atoms with Crippen molar-refractivity contribution < 1.29 is 4.57 Å². The number of hydrogen-bond donors (Lipinski definition) is 0. The lowest BCUT2D eigenvalue weighted by atomic mass is 9.97. The van der Waals surface area contributed by atoms with E-state index in [2.05, 4.69) is 40.2 Å². The van der Waals surface area contributed by atoms with Gasteiger partial charge in [0, 0.05) is 10.6 Å². The molecule has 1 aliphatic rings. The largest absolute Gasteiger partial charge is 0.312 e. The second-order valence-corrected chi connectivity index (χ2v) is 11.8. The van der Waals surface area contributed by atoms with Crippen molar-refractivity contribution in [1.29, 1.82) is 0 Å². The monoisotopic (exact) mass is 434 g/mol. The minimum Gasteiger partial charge on any atom is -0.312 e. The highest BCUT2D eigenvalue weighted by Crippen LogP contribution is 2.64. The third-order valence-corrected chi connectivity index (χ3v) is 10.4. The SMILES string of the molecule is O=P(c1ccccc1)(c1ccccc1)C1(Br)C=CC=C(c2ccccc2)C1. The van der Waals surface area contributed by atoms with Gasteiger partial charge in [-0.1, -0.05) is 125 Å². The lowest BCUT2D eigenvalue weighted by Gasteiger charge is -2.37. The number of halogens is 1. The third kappa shape index (κ3) is 3.29. The number of benzene rings is 3. The van der Waals surface area contributed by atoms with Crippen LogP contribution < -0.4 is 10.6 Å². The average molecular weight is 435 g/mol. The highest BCUT2D eigenvalue weighted by molar-refractivity contribution is 9.11. The van der Waals surface area contributed by atoms with Crippen LogP contribution in [0.4, 0.5) is 0 Å². The fourth-order valence-electron chi connectivity index (χ4n) is 3.62. The Balaban J connectivity index is 1.85. The van der Waals surface area contributed by atoms with E-state index in [1.807, 2.05) is 84.9 Å². The minimum atomic E-state index is -2.98. The van der Waals surface area contributed by atoms with Gasteiger partial charge >= 0.3 is 0 Å². The summed E-state index contributed by atoms with van der Waals surface area (Å²) in [6.45, 7) is 0. The Hall–Kier alpha value is -2.15. The van der Waals surface area contributed by atoms with Gasteiger partial charge in [-0.25, -0.2) is 0 Å². The Labute approximate surface area is 169 Å². The standard InChI is InChI=1S/C24H20BrOP/c25-24(18-10-13-21(19-24)20-11-4-1-5-12-20)27(26,22-14-6-2-7-15-22)23-16-8-3-9-17-23/h1-18H,19H2. The summed E-state index contributed by atoms with van der Waals surface area (Å²) in [4.78, 5) is 0. The summed E-state index contributed by atoms with van der Waals surface area (Å²) in [5.41, 5.74) is 2.35. The second-order valence-electron chi connectivity index (χ2n) is 6.69. The van der Waals surface area contributed by atoms with E-state index < -0.39 is 11.2 Å². The molecular weight excluding hydrogens is 415 g/mol. The van der Waals surface area contributed by atoms with Crippen molar-refractivity contribution in [3.63, 3.8) is 0 Å². The van der Waals surface area contributed by atoms with Crippen LogP contribution in [0.5, 0.6) is 0 Å². The first-order chi connectivity index (χ1) is 13.1. The molecule has 0 saturated heterocycles. The van der Waals surface area contributed by atoms with E-state index in [1.165, 1.54) is 11.1 Å². The smallest absolute Gasteiger partial charge is 0.163 e. The molecule has 1 atom stereocenters. The van der Waals surface area contributed by atoms with E-state index in [0.29, 0.717) is 6.42 Å². The molecule has 3 heteroatoms. The summed E-state index contributed by atoms with van der Waals surface area (Å²) in [7, 11) is -2.98. The fraction of sp³-hybridized carbons (Fsp3) is 0.0833. The molecule has 3 aromatic carbocycles. The van der Waals surface area contributed by atoms with Crippen LogP contribution in [-0.2, 0) is 4.57 Å². The summed E-state index contributed by atoms with van der Waals surface area (Å²) >= 11 is 3.94. The van der Waals surface area contributed by atoms with Crippen molar-refractivity contribution in [2.45, 2.75) is 10.5 Å². The van der Waals surface area contributed by atoms with Crippen molar-refractivity contribution in [1.82, 2.24) is 0 Å². The molecule has 0 spiro atoms. The van der Waals surface area contributed by atoms with Gasteiger partial charge in [-0.05, 0) is 17.6 Å². The van der Waals surface area contributed by atoms with E-state index in [1.54, 1.807) is 0 Å². The Kier molecular flexibility index (Phi) is 5.04. The van der Waals surface area contributed by atoms with Gasteiger partial charge in [0.1, 0.15) is 4.07 Å². The molecule has 1 aliphatic carbocycles. The molecule has 0 aromatic heterocycles. The Morgan fingerprint density at radius 3 is 1.74 bits per heavy atom. The average Bonchev–Trinajstić information content (AvgIpc) is 2.75. The molecule has 1 unspecified atom stereocenters. The molecule has 4 rings (SSSR count). The summed E-state index contributed by atoms with van der Waals surface area (Å²) in [6, 6.07) is 30.0. The highest BCUT2D eigenvalue weighted by atomic mass is 79.9. The second kappa shape index (κ2) is 7.46. The molecule has 0 radical (unpaired) electrons. The van der Waals surface area contributed by atoms with E-state index in [-0.39, 0.29) is 0 Å². The van der Waals surface area contributed by atoms with Crippen LogP contribution in [0.25, 0.3) is 5.57 Å². The van der Waals surface area contributed by atoms with Crippen molar-refractivity contribution in [3.05, 3.63) is 115 Å². The van der Waals surface area contributed by atoms with Crippen LogP contribution in [0.15, 0.2) is 109 Å². The number of hydrogen-bond acceptors (Lipinski definition) is 1. The Morgan fingerprint density at radius 2 is 1.22 bits per heavy atom. The number of allylic oxidation sites excluding steroid dienone is 4. The summed E-state index contributed by atoms with van der Waals surface area (Å²) in [5.74, 6) is 0. The van der Waals surface area contributed by atoms with Crippen LogP contribution in [-0.4, -0.2) is 4.07 Å². The molecule has 0 N–H and O–H groups in total. The maximum Gasteiger partial charge on any atom is 0.163 e. The van der Waals surface area contributed by atoms with Gasteiger partial charge in [-0.3, -0.25) is 0 Å². The summed E-state index contributed by atoms with van der Waals surface area (Å²) in [6.07, 6.45) is 6.86. The molecule has 0 bridgehead atoms.